The Kier molecular flexibility index (Phi) is 10.3. The summed E-state index contributed by atoms with van der Waals surface area (Å²) >= 11 is 0. The van der Waals surface area contributed by atoms with Crippen LogP contribution in [0.1, 0.15) is 54.8 Å². The number of benzene rings is 2. The minimum absolute atomic E-state index is 0.0504. The Hall–Kier alpha value is -2.46. The van der Waals surface area contributed by atoms with Gasteiger partial charge in [0.15, 0.2) is 0 Å². The molecule has 1 saturated carbocycles. The van der Waals surface area contributed by atoms with Crippen molar-refractivity contribution in [2.45, 2.75) is 63.0 Å². The molecule has 0 bridgehead atoms. The summed E-state index contributed by atoms with van der Waals surface area (Å²) in [6.07, 6.45) is 4.77. The molecule has 2 atom stereocenters. The van der Waals surface area contributed by atoms with Gasteiger partial charge in [0.1, 0.15) is 12.4 Å². The van der Waals surface area contributed by atoms with Crippen molar-refractivity contribution in [3.8, 4) is 5.75 Å². The quantitative estimate of drug-likeness (QED) is 0.432. The van der Waals surface area contributed by atoms with Crippen LogP contribution >= 0.6 is 0 Å². The summed E-state index contributed by atoms with van der Waals surface area (Å²) in [4.78, 5) is 15.2. The summed E-state index contributed by atoms with van der Waals surface area (Å²) in [5.41, 5.74) is 2.69. The molecule has 9 heteroatoms. The molecule has 2 aliphatic rings. The van der Waals surface area contributed by atoms with Gasteiger partial charge in [0.2, 0.25) is 15.9 Å². The van der Waals surface area contributed by atoms with Crippen LogP contribution in [-0.4, -0.2) is 77.1 Å². The second-order valence-corrected chi connectivity index (χ2v) is 13.5. The third-order valence-corrected chi connectivity index (χ3v) is 10.6. The molecule has 40 heavy (non-hydrogen) atoms. The number of carbonyl (C=O) groups excluding carboxylic acids is 1. The van der Waals surface area contributed by atoms with Crippen molar-refractivity contribution in [2.24, 2.45) is 11.8 Å². The fraction of sp³-hybridized carbons (Fsp3) is 0.581. The van der Waals surface area contributed by atoms with Crippen molar-refractivity contribution in [2.75, 3.05) is 47.4 Å². The molecule has 2 unspecified atom stereocenters. The van der Waals surface area contributed by atoms with Gasteiger partial charge in [-0.25, -0.2) is 8.42 Å². The highest BCUT2D eigenvalue weighted by Crippen LogP contribution is 2.39. The number of methoxy groups -OCH3 is 1. The Morgan fingerprint density at radius 2 is 1.70 bits per heavy atom. The average Bonchev–Trinajstić information content (AvgIpc) is 3.41. The van der Waals surface area contributed by atoms with Crippen LogP contribution in [0.2, 0.25) is 0 Å². The first-order valence-electron chi connectivity index (χ1n) is 14.3. The molecular weight excluding hydrogens is 526 g/mol. The number of aryl methyl sites for hydroxylation is 2. The first kappa shape index (κ1) is 30.5. The molecule has 220 valence electrons. The first-order valence-corrected chi connectivity index (χ1v) is 15.8. The smallest absolute Gasteiger partial charge is 0.246 e. The topological polar surface area (TPSA) is 88.2 Å². The lowest BCUT2D eigenvalue weighted by molar-refractivity contribution is -0.127. The van der Waals surface area contributed by atoms with Gasteiger partial charge in [-0.05, 0) is 101 Å². The fourth-order valence-electron chi connectivity index (χ4n) is 6.47. The van der Waals surface area contributed by atoms with Crippen LogP contribution in [-0.2, 0) is 19.6 Å². The standard InChI is InChI=1S/C31H45N3O5S/c1-22-17-28(38-5)18-23(2)31(22)40(36,37)34-16-15-27(20-34)39-21-29(35)32-19-24-11-13-26(14-12-24)30(33(3)4)25-9-7-6-8-10-25/h6-10,17-18,24,26-27,30H,11-16,19-21H2,1-5H3,(H,32,35). The van der Waals surface area contributed by atoms with Crippen molar-refractivity contribution >= 4 is 15.9 Å². The summed E-state index contributed by atoms with van der Waals surface area (Å²) in [5.74, 6) is 1.59. The molecule has 8 nitrogen and oxygen atoms in total. The molecule has 1 aliphatic carbocycles. The van der Waals surface area contributed by atoms with Crippen molar-refractivity contribution in [3.05, 3.63) is 59.2 Å². The van der Waals surface area contributed by atoms with E-state index in [2.05, 4.69) is 54.6 Å². The van der Waals surface area contributed by atoms with E-state index in [1.165, 1.54) is 9.87 Å². The Labute approximate surface area is 240 Å². The monoisotopic (exact) mass is 571 g/mol. The second-order valence-electron chi connectivity index (χ2n) is 11.6. The zero-order valence-corrected chi connectivity index (χ0v) is 25.4. The summed E-state index contributed by atoms with van der Waals surface area (Å²) in [7, 11) is 2.22. The Morgan fingerprint density at radius 1 is 1.05 bits per heavy atom. The number of amides is 1. The van der Waals surface area contributed by atoms with Crippen molar-refractivity contribution < 1.29 is 22.7 Å². The van der Waals surface area contributed by atoms with Crippen molar-refractivity contribution in [1.29, 1.82) is 0 Å². The molecule has 1 heterocycles. The van der Waals surface area contributed by atoms with Gasteiger partial charge in [0, 0.05) is 25.7 Å². The van der Waals surface area contributed by atoms with Crippen molar-refractivity contribution in [1.82, 2.24) is 14.5 Å². The molecular formula is C31H45N3O5S. The number of nitrogens with zero attached hydrogens (tertiary/aromatic N) is 2. The van der Waals surface area contributed by atoms with E-state index in [-0.39, 0.29) is 25.2 Å². The van der Waals surface area contributed by atoms with E-state index >= 15 is 0 Å². The van der Waals surface area contributed by atoms with E-state index in [9.17, 15) is 13.2 Å². The predicted molar refractivity (Wildman–Crippen MR) is 157 cm³/mol. The van der Waals surface area contributed by atoms with E-state index < -0.39 is 10.0 Å². The zero-order valence-electron chi connectivity index (χ0n) is 24.6. The van der Waals surface area contributed by atoms with Gasteiger partial charge < -0.3 is 19.7 Å². The molecule has 1 saturated heterocycles. The largest absolute Gasteiger partial charge is 0.497 e. The summed E-state index contributed by atoms with van der Waals surface area (Å²) in [6.45, 7) is 4.80. The lowest BCUT2D eigenvalue weighted by atomic mass is 9.76. The van der Waals surface area contributed by atoms with Gasteiger partial charge in [0.05, 0.1) is 18.1 Å². The Bertz CT molecular complexity index is 1220. The molecule has 1 aliphatic heterocycles. The third-order valence-electron chi connectivity index (χ3n) is 8.45. The first-order chi connectivity index (χ1) is 19.1. The number of hydrogen-bond donors (Lipinski definition) is 1. The Morgan fingerprint density at radius 3 is 2.30 bits per heavy atom. The van der Waals surface area contributed by atoms with Gasteiger partial charge in [-0.2, -0.15) is 4.31 Å². The molecule has 1 amide bonds. The van der Waals surface area contributed by atoms with Crippen LogP contribution in [0.15, 0.2) is 47.4 Å². The molecule has 0 spiro atoms. The SMILES string of the molecule is COc1cc(C)c(S(=O)(=O)N2CCC(OCC(=O)NCC3CCC(C(c4ccccc4)N(C)C)CC3)C2)c(C)c1. The highest BCUT2D eigenvalue weighted by Gasteiger charge is 2.35. The van der Waals surface area contributed by atoms with E-state index in [1.807, 2.05) is 0 Å². The number of carbonyl (C=O) groups is 1. The van der Waals surface area contributed by atoms with E-state index in [4.69, 9.17) is 9.47 Å². The fourth-order valence-corrected chi connectivity index (χ4v) is 8.37. The molecule has 4 rings (SSSR count). The molecule has 1 N–H and O–H groups in total. The zero-order chi connectivity index (χ0) is 28.9. The maximum atomic E-state index is 13.4. The summed E-state index contributed by atoms with van der Waals surface area (Å²) < 4.78 is 39.3. The normalized spacial score (nSPS) is 22.8. The average molecular weight is 572 g/mol. The number of rotatable bonds is 11. The highest BCUT2D eigenvalue weighted by molar-refractivity contribution is 7.89. The second kappa shape index (κ2) is 13.5. The lowest BCUT2D eigenvalue weighted by Crippen LogP contribution is -2.37. The maximum absolute atomic E-state index is 13.4. The number of nitrogens with one attached hydrogen (secondary N) is 1. The van der Waals surface area contributed by atoms with Gasteiger partial charge in [-0.15, -0.1) is 0 Å². The lowest BCUT2D eigenvalue weighted by Gasteiger charge is -2.37. The number of hydrogen-bond acceptors (Lipinski definition) is 6. The van der Waals surface area contributed by atoms with Crippen LogP contribution < -0.4 is 10.1 Å². The van der Waals surface area contributed by atoms with Crippen LogP contribution in [0.4, 0.5) is 0 Å². The third kappa shape index (κ3) is 7.24. The van der Waals surface area contributed by atoms with Crippen LogP contribution in [0.25, 0.3) is 0 Å². The molecule has 2 aromatic carbocycles. The van der Waals surface area contributed by atoms with Gasteiger partial charge in [-0.1, -0.05) is 30.3 Å². The molecule has 2 fully saturated rings. The molecule has 0 aromatic heterocycles. The highest BCUT2D eigenvalue weighted by atomic mass is 32.2. The summed E-state index contributed by atoms with van der Waals surface area (Å²) in [6, 6.07) is 14.6. The molecule has 0 radical (unpaired) electrons. The van der Waals surface area contributed by atoms with Crippen LogP contribution in [0.5, 0.6) is 5.75 Å². The maximum Gasteiger partial charge on any atom is 0.246 e. The van der Waals surface area contributed by atoms with E-state index in [1.54, 1.807) is 33.1 Å². The number of sulfonamides is 1. The van der Waals surface area contributed by atoms with Gasteiger partial charge in [-0.3, -0.25) is 4.79 Å². The minimum atomic E-state index is -3.66. The van der Waals surface area contributed by atoms with E-state index in [0.717, 1.165) is 25.7 Å². The van der Waals surface area contributed by atoms with E-state index in [0.29, 0.717) is 59.2 Å². The Balaban J connectivity index is 1.20. The predicted octanol–water partition coefficient (Wildman–Crippen LogP) is 4.32. The summed E-state index contributed by atoms with van der Waals surface area (Å²) in [5, 5.41) is 3.05. The molecule has 2 aromatic rings. The minimum Gasteiger partial charge on any atom is -0.497 e. The van der Waals surface area contributed by atoms with Gasteiger partial charge in [0.25, 0.3) is 0 Å². The number of ether oxygens (including phenoxy) is 2. The van der Waals surface area contributed by atoms with Crippen LogP contribution in [0, 0.1) is 25.7 Å². The van der Waals surface area contributed by atoms with Crippen molar-refractivity contribution in [3.63, 3.8) is 0 Å². The van der Waals surface area contributed by atoms with Gasteiger partial charge >= 0.3 is 0 Å². The van der Waals surface area contributed by atoms with Crippen LogP contribution in [0.3, 0.4) is 0 Å².